The first-order valence-corrected chi connectivity index (χ1v) is 10.9. The van der Waals surface area contributed by atoms with Crippen molar-refractivity contribution >= 4 is 49.6 Å². The molecule has 0 saturated heterocycles. The largest absolute Gasteiger partial charge is 0.380 e. The maximum atomic E-state index is 5.88. The lowest BCUT2D eigenvalue weighted by Gasteiger charge is -2.33. The summed E-state index contributed by atoms with van der Waals surface area (Å²) in [5.41, 5.74) is -0.144. The fourth-order valence-electron chi connectivity index (χ4n) is 1.91. The van der Waals surface area contributed by atoms with Crippen LogP contribution in [0.3, 0.4) is 0 Å². The Hall–Kier alpha value is 1.28. The summed E-state index contributed by atoms with van der Waals surface area (Å²) in [5.74, 6) is 2.02. The van der Waals surface area contributed by atoms with Crippen LogP contribution in [-0.2, 0) is 14.2 Å². The zero-order valence-corrected chi connectivity index (χ0v) is 18.4. The monoisotopic (exact) mass is 402 g/mol. The molecule has 7 heteroatoms. The second-order valence-corrected chi connectivity index (χ2v) is 10.1. The lowest BCUT2D eigenvalue weighted by Crippen LogP contribution is -2.41. The summed E-state index contributed by atoms with van der Waals surface area (Å²) in [7, 11) is 0. The van der Waals surface area contributed by atoms with Crippen LogP contribution in [0.2, 0.25) is 0 Å². The van der Waals surface area contributed by atoms with E-state index in [2.05, 4.69) is 44.8 Å². The lowest BCUT2D eigenvalue weighted by atomic mass is 9.93. The highest BCUT2D eigenvalue weighted by atomic mass is 32.2. The number of hydrogen-bond donors (Lipinski definition) is 3. The fourth-order valence-corrected chi connectivity index (χ4v) is 3.11. The molecule has 0 aliphatic carbocycles. The zero-order chi connectivity index (χ0) is 17.7. The van der Waals surface area contributed by atoms with Crippen LogP contribution in [0.25, 0.3) is 0 Å². The molecule has 0 aliphatic rings. The molecular formula is C16H34O3S4. The van der Waals surface area contributed by atoms with E-state index in [0.717, 1.165) is 11.5 Å². The lowest BCUT2D eigenvalue weighted by molar-refractivity contribution is -0.0553. The van der Waals surface area contributed by atoms with Gasteiger partial charge in [-0.15, -0.1) is 0 Å². The summed E-state index contributed by atoms with van der Waals surface area (Å²) in [6.07, 6.45) is 0. The Kier molecular flexibility index (Phi) is 15.3. The van der Waals surface area contributed by atoms with Crippen molar-refractivity contribution in [3.63, 3.8) is 0 Å². The molecule has 3 nitrogen and oxygen atoms in total. The molecule has 23 heavy (non-hydrogen) atoms. The molecule has 0 aromatic carbocycles. The Balaban J connectivity index is 4.71. The van der Waals surface area contributed by atoms with Crippen LogP contribution in [0.1, 0.15) is 27.7 Å². The molecule has 0 rings (SSSR count). The van der Waals surface area contributed by atoms with E-state index >= 15 is 0 Å². The third-order valence-corrected chi connectivity index (χ3v) is 4.59. The Labute approximate surface area is 163 Å². The van der Waals surface area contributed by atoms with E-state index < -0.39 is 0 Å². The predicted octanol–water partition coefficient (Wildman–Crippen LogP) is 3.73. The Bertz CT molecular complexity index is 240. The summed E-state index contributed by atoms with van der Waals surface area (Å²) in [5, 5.41) is 0.676. The van der Waals surface area contributed by atoms with Crippen LogP contribution in [0.4, 0.5) is 0 Å². The molecule has 3 unspecified atom stereocenters. The van der Waals surface area contributed by atoms with Gasteiger partial charge in [-0.3, -0.25) is 0 Å². The highest BCUT2D eigenvalue weighted by molar-refractivity contribution is 7.99. The molecule has 3 atom stereocenters. The van der Waals surface area contributed by atoms with Gasteiger partial charge in [0.25, 0.3) is 0 Å². The van der Waals surface area contributed by atoms with Crippen LogP contribution >= 0.6 is 49.6 Å². The third-order valence-electron chi connectivity index (χ3n) is 2.91. The van der Waals surface area contributed by atoms with Gasteiger partial charge in [-0.05, 0) is 5.75 Å². The maximum absolute atomic E-state index is 5.88. The van der Waals surface area contributed by atoms with Gasteiger partial charge in [-0.1, -0.05) is 27.7 Å². The zero-order valence-electron chi connectivity index (χ0n) is 14.9. The van der Waals surface area contributed by atoms with Crippen molar-refractivity contribution in [2.75, 3.05) is 51.1 Å². The van der Waals surface area contributed by atoms with Crippen LogP contribution in [-0.4, -0.2) is 66.9 Å². The quantitative estimate of drug-likeness (QED) is 0.364. The van der Waals surface area contributed by atoms with E-state index in [-0.39, 0.29) is 21.2 Å². The average Bonchev–Trinajstić information content (AvgIpc) is 2.43. The van der Waals surface area contributed by atoms with E-state index in [9.17, 15) is 0 Å². The van der Waals surface area contributed by atoms with E-state index in [1.165, 1.54) is 0 Å². The van der Waals surface area contributed by atoms with E-state index in [0.29, 0.717) is 39.6 Å². The van der Waals surface area contributed by atoms with Gasteiger partial charge in [0, 0.05) is 26.9 Å². The van der Waals surface area contributed by atoms with Crippen LogP contribution in [0, 0.1) is 5.41 Å². The molecule has 140 valence electrons. The normalized spacial score (nSPS) is 18.4. The van der Waals surface area contributed by atoms with Crippen molar-refractivity contribution in [3.05, 3.63) is 0 Å². The second-order valence-electron chi connectivity index (χ2n) is 6.23. The van der Waals surface area contributed by atoms with Gasteiger partial charge < -0.3 is 14.2 Å². The van der Waals surface area contributed by atoms with E-state index in [1.807, 2.05) is 32.5 Å². The highest BCUT2D eigenvalue weighted by Gasteiger charge is 2.32. The number of rotatable bonds is 15. The van der Waals surface area contributed by atoms with Gasteiger partial charge in [-0.2, -0.15) is 49.6 Å². The average molecular weight is 403 g/mol. The highest BCUT2D eigenvalue weighted by Crippen LogP contribution is 2.26. The molecule has 0 amide bonds. The summed E-state index contributed by atoms with van der Waals surface area (Å²) in [6.45, 7) is 12.0. The van der Waals surface area contributed by atoms with Gasteiger partial charge >= 0.3 is 0 Å². The van der Waals surface area contributed by atoms with Gasteiger partial charge in [0.05, 0.1) is 39.6 Å². The number of hydrogen-bond acceptors (Lipinski definition) is 7. The number of thioether (sulfide) groups is 1. The first-order valence-electron chi connectivity index (χ1n) is 8.16. The predicted molar refractivity (Wildman–Crippen MR) is 113 cm³/mol. The molecule has 0 aliphatic heterocycles. The molecule has 0 fully saturated rings. The van der Waals surface area contributed by atoms with Crippen molar-refractivity contribution in [3.8, 4) is 0 Å². The van der Waals surface area contributed by atoms with Gasteiger partial charge in [-0.25, -0.2) is 0 Å². The fraction of sp³-hybridized carbons (Fsp3) is 1.00. The second kappa shape index (κ2) is 14.4. The Morgan fingerprint density at radius 1 is 0.783 bits per heavy atom. The van der Waals surface area contributed by atoms with Crippen molar-refractivity contribution in [1.29, 1.82) is 0 Å². The minimum atomic E-state index is -0.144. The van der Waals surface area contributed by atoms with Gasteiger partial charge in [0.2, 0.25) is 0 Å². The number of thiol groups is 3. The molecule has 0 aromatic heterocycles. The summed E-state index contributed by atoms with van der Waals surface area (Å²) >= 11 is 15.0. The minimum absolute atomic E-state index is 0.144. The third kappa shape index (κ3) is 14.2. The van der Waals surface area contributed by atoms with Gasteiger partial charge in [0.1, 0.15) is 0 Å². The maximum Gasteiger partial charge on any atom is 0.0580 e. The smallest absolute Gasteiger partial charge is 0.0580 e. The first-order chi connectivity index (χ1) is 10.8. The van der Waals surface area contributed by atoms with Crippen LogP contribution < -0.4 is 0 Å². The van der Waals surface area contributed by atoms with Crippen molar-refractivity contribution in [2.45, 2.75) is 43.4 Å². The molecule has 0 radical (unpaired) electrons. The van der Waals surface area contributed by atoms with Crippen molar-refractivity contribution in [1.82, 2.24) is 0 Å². The first kappa shape index (κ1) is 24.3. The van der Waals surface area contributed by atoms with Crippen molar-refractivity contribution in [2.24, 2.45) is 5.41 Å². The SMILES string of the molecule is CCSCC(COCC(C)S)(COCC(C)S)COCC(C)S. The van der Waals surface area contributed by atoms with Crippen molar-refractivity contribution < 1.29 is 14.2 Å². The Morgan fingerprint density at radius 3 is 1.39 bits per heavy atom. The summed E-state index contributed by atoms with van der Waals surface area (Å²) in [6, 6.07) is 0. The van der Waals surface area contributed by atoms with E-state index in [4.69, 9.17) is 14.2 Å². The molecule has 0 spiro atoms. The summed E-state index contributed by atoms with van der Waals surface area (Å²) < 4.78 is 17.7. The Morgan fingerprint density at radius 2 is 1.13 bits per heavy atom. The molecule has 0 N–H and O–H groups in total. The van der Waals surface area contributed by atoms with Gasteiger partial charge in [0.15, 0.2) is 0 Å². The minimum Gasteiger partial charge on any atom is -0.380 e. The molecule has 0 heterocycles. The number of ether oxygens (including phenoxy) is 3. The molecule has 0 saturated carbocycles. The topological polar surface area (TPSA) is 27.7 Å². The summed E-state index contributed by atoms with van der Waals surface area (Å²) in [4.78, 5) is 0. The molecule has 0 aromatic rings. The van der Waals surface area contributed by atoms with Crippen LogP contribution in [0.15, 0.2) is 0 Å². The van der Waals surface area contributed by atoms with Crippen LogP contribution in [0.5, 0.6) is 0 Å². The molecule has 0 bridgehead atoms. The van der Waals surface area contributed by atoms with E-state index in [1.54, 1.807) is 0 Å². The standard InChI is InChI=1S/C16H34O3S4/c1-5-23-12-16(9-17-6-13(2)20,10-18-7-14(3)21)11-19-8-15(4)22/h13-15,20-22H,5-12H2,1-4H3. The molecular weight excluding hydrogens is 368 g/mol.